The summed E-state index contributed by atoms with van der Waals surface area (Å²) in [6.07, 6.45) is -0.209. The number of nitrogens with zero attached hydrogens (tertiary/aromatic N) is 3. The molecule has 0 aromatic carbocycles. The van der Waals surface area contributed by atoms with Crippen molar-refractivity contribution < 1.29 is 13.6 Å². The van der Waals surface area contributed by atoms with Crippen LogP contribution in [0.3, 0.4) is 0 Å². The SMILES string of the molecule is O=CN1CC(CCN2CCN(CC(F)F)CC2)C1. The van der Waals surface area contributed by atoms with Gasteiger partial charge in [0.2, 0.25) is 6.41 Å². The summed E-state index contributed by atoms with van der Waals surface area (Å²) in [4.78, 5) is 16.4. The van der Waals surface area contributed by atoms with Crippen molar-refractivity contribution in [3.05, 3.63) is 0 Å². The molecule has 2 saturated heterocycles. The quantitative estimate of drug-likeness (QED) is 0.645. The van der Waals surface area contributed by atoms with Gasteiger partial charge in [0.1, 0.15) is 0 Å². The molecule has 2 fully saturated rings. The summed E-state index contributed by atoms with van der Waals surface area (Å²) in [6.45, 7) is 5.97. The van der Waals surface area contributed by atoms with Crippen LogP contribution in [-0.2, 0) is 4.79 Å². The molecule has 104 valence electrons. The molecule has 6 heteroatoms. The zero-order chi connectivity index (χ0) is 13.0. The lowest BCUT2D eigenvalue weighted by Gasteiger charge is -2.39. The van der Waals surface area contributed by atoms with Gasteiger partial charge in [-0.05, 0) is 18.9 Å². The highest BCUT2D eigenvalue weighted by Crippen LogP contribution is 2.17. The van der Waals surface area contributed by atoms with Crippen LogP contribution >= 0.6 is 0 Å². The molecular weight excluding hydrogens is 240 g/mol. The van der Waals surface area contributed by atoms with E-state index in [9.17, 15) is 13.6 Å². The normalized spacial score (nSPS) is 23.4. The number of piperazine rings is 1. The predicted molar refractivity (Wildman–Crippen MR) is 64.6 cm³/mol. The van der Waals surface area contributed by atoms with Crippen molar-refractivity contribution in [2.75, 3.05) is 52.4 Å². The van der Waals surface area contributed by atoms with Crippen molar-refractivity contribution in [1.82, 2.24) is 14.7 Å². The molecular formula is C12H21F2N3O. The topological polar surface area (TPSA) is 26.8 Å². The highest BCUT2D eigenvalue weighted by atomic mass is 19.3. The van der Waals surface area contributed by atoms with Gasteiger partial charge in [-0.2, -0.15) is 0 Å². The number of likely N-dealkylation sites (tertiary alicyclic amines) is 1. The van der Waals surface area contributed by atoms with Gasteiger partial charge in [-0.1, -0.05) is 0 Å². The van der Waals surface area contributed by atoms with E-state index in [-0.39, 0.29) is 6.54 Å². The Balaban J connectivity index is 1.55. The average molecular weight is 261 g/mol. The third kappa shape index (κ3) is 3.88. The van der Waals surface area contributed by atoms with Gasteiger partial charge in [0.05, 0.1) is 6.54 Å². The number of rotatable bonds is 6. The second-order valence-electron chi connectivity index (χ2n) is 5.25. The number of carbonyl (C=O) groups excluding carboxylic acids is 1. The van der Waals surface area contributed by atoms with Crippen LogP contribution in [0.4, 0.5) is 8.78 Å². The molecule has 0 radical (unpaired) electrons. The van der Waals surface area contributed by atoms with Crippen LogP contribution in [0.1, 0.15) is 6.42 Å². The molecule has 1 amide bonds. The second kappa shape index (κ2) is 6.43. The Morgan fingerprint density at radius 3 is 2.28 bits per heavy atom. The van der Waals surface area contributed by atoms with Gasteiger partial charge >= 0.3 is 0 Å². The summed E-state index contributed by atoms with van der Waals surface area (Å²) in [5.74, 6) is 0.634. The van der Waals surface area contributed by atoms with Crippen molar-refractivity contribution in [2.24, 2.45) is 5.92 Å². The van der Waals surface area contributed by atoms with Crippen LogP contribution in [0, 0.1) is 5.92 Å². The maximum atomic E-state index is 12.2. The molecule has 0 aromatic heterocycles. The predicted octanol–water partition coefficient (Wildman–Crippen LogP) is 0.347. The first-order chi connectivity index (χ1) is 8.67. The van der Waals surface area contributed by atoms with Crippen LogP contribution in [0.2, 0.25) is 0 Å². The fraction of sp³-hybridized carbons (Fsp3) is 0.917. The average Bonchev–Trinajstić information content (AvgIpc) is 2.29. The van der Waals surface area contributed by atoms with Gasteiger partial charge < -0.3 is 9.80 Å². The van der Waals surface area contributed by atoms with Crippen LogP contribution in [0.5, 0.6) is 0 Å². The monoisotopic (exact) mass is 261 g/mol. The Kier molecular flexibility index (Phi) is 4.88. The standard InChI is InChI=1S/C12H21F2N3O/c13-12(14)9-16-5-3-15(4-6-16)2-1-11-7-17(8-11)10-18/h10-12H,1-9H2. The van der Waals surface area contributed by atoms with E-state index in [1.807, 2.05) is 4.90 Å². The largest absolute Gasteiger partial charge is 0.345 e. The number of alkyl halides is 2. The van der Waals surface area contributed by atoms with Gasteiger partial charge in [0.15, 0.2) is 0 Å². The maximum Gasteiger partial charge on any atom is 0.251 e. The molecule has 0 N–H and O–H groups in total. The number of hydrogen-bond donors (Lipinski definition) is 0. The van der Waals surface area contributed by atoms with E-state index in [0.29, 0.717) is 5.92 Å². The Morgan fingerprint density at radius 2 is 1.72 bits per heavy atom. The van der Waals surface area contributed by atoms with Gasteiger partial charge in [-0.15, -0.1) is 0 Å². The zero-order valence-corrected chi connectivity index (χ0v) is 10.6. The number of carbonyl (C=O) groups is 1. The minimum atomic E-state index is -2.22. The van der Waals surface area contributed by atoms with E-state index in [0.717, 1.165) is 58.6 Å². The summed E-state index contributed by atoms with van der Waals surface area (Å²) in [6, 6.07) is 0. The summed E-state index contributed by atoms with van der Waals surface area (Å²) < 4.78 is 24.4. The molecule has 0 saturated carbocycles. The minimum absolute atomic E-state index is 0.0925. The van der Waals surface area contributed by atoms with E-state index in [2.05, 4.69) is 4.90 Å². The molecule has 2 aliphatic heterocycles. The van der Waals surface area contributed by atoms with Gasteiger partial charge in [0, 0.05) is 39.3 Å². The summed E-state index contributed by atoms with van der Waals surface area (Å²) in [7, 11) is 0. The van der Waals surface area contributed by atoms with E-state index in [4.69, 9.17) is 0 Å². The van der Waals surface area contributed by atoms with Crippen LogP contribution in [-0.4, -0.2) is 79.9 Å². The Morgan fingerprint density at radius 1 is 1.11 bits per heavy atom. The molecule has 18 heavy (non-hydrogen) atoms. The number of halogens is 2. The molecule has 0 aromatic rings. The van der Waals surface area contributed by atoms with Gasteiger partial charge in [-0.25, -0.2) is 8.78 Å². The van der Waals surface area contributed by atoms with Gasteiger partial charge in [0.25, 0.3) is 6.43 Å². The lowest BCUT2D eigenvalue weighted by atomic mass is 9.97. The molecule has 2 aliphatic rings. The highest BCUT2D eigenvalue weighted by molar-refractivity contribution is 5.48. The highest BCUT2D eigenvalue weighted by Gasteiger charge is 2.26. The third-order valence-electron chi connectivity index (χ3n) is 3.85. The second-order valence-corrected chi connectivity index (χ2v) is 5.25. The van der Waals surface area contributed by atoms with E-state index in [1.54, 1.807) is 4.90 Å². The van der Waals surface area contributed by atoms with Crippen molar-refractivity contribution >= 4 is 6.41 Å². The molecule has 0 atom stereocenters. The lowest BCUT2D eigenvalue weighted by Crippen LogP contribution is -2.50. The smallest absolute Gasteiger partial charge is 0.251 e. The third-order valence-corrected chi connectivity index (χ3v) is 3.85. The lowest BCUT2D eigenvalue weighted by molar-refractivity contribution is -0.123. The first-order valence-corrected chi connectivity index (χ1v) is 6.59. The van der Waals surface area contributed by atoms with Crippen molar-refractivity contribution in [1.29, 1.82) is 0 Å². The number of amides is 1. The van der Waals surface area contributed by atoms with Crippen molar-refractivity contribution in [2.45, 2.75) is 12.8 Å². The Bertz CT molecular complexity index is 264. The summed E-state index contributed by atoms with van der Waals surface area (Å²) in [5.41, 5.74) is 0. The molecule has 4 nitrogen and oxygen atoms in total. The number of hydrogen-bond acceptors (Lipinski definition) is 3. The fourth-order valence-corrected chi connectivity index (χ4v) is 2.63. The summed E-state index contributed by atoms with van der Waals surface area (Å²) >= 11 is 0. The van der Waals surface area contributed by atoms with Crippen molar-refractivity contribution in [3.63, 3.8) is 0 Å². The molecule has 2 heterocycles. The molecule has 0 spiro atoms. The minimum Gasteiger partial charge on any atom is -0.345 e. The van der Waals surface area contributed by atoms with E-state index >= 15 is 0 Å². The van der Waals surface area contributed by atoms with E-state index in [1.165, 1.54) is 0 Å². The Labute approximate surface area is 107 Å². The molecule has 0 bridgehead atoms. The van der Waals surface area contributed by atoms with Crippen LogP contribution < -0.4 is 0 Å². The van der Waals surface area contributed by atoms with Crippen LogP contribution in [0.15, 0.2) is 0 Å². The molecule has 0 aliphatic carbocycles. The molecule has 0 unspecified atom stereocenters. The van der Waals surface area contributed by atoms with Crippen molar-refractivity contribution in [3.8, 4) is 0 Å². The molecule has 2 rings (SSSR count). The fourth-order valence-electron chi connectivity index (χ4n) is 2.63. The van der Waals surface area contributed by atoms with Crippen LogP contribution in [0.25, 0.3) is 0 Å². The maximum absolute atomic E-state index is 12.2. The van der Waals surface area contributed by atoms with E-state index < -0.39 is 6.43 Å². The zero-order valence-electron chi connectivity index (χ0n) is 10.6. The first kappa shape index (κ1) is 13.7. The van der Waals surface area contributed by atoms with Gasteiger partial charge in [-0.3, -0.25) is 9.69 Å². The summed E-state index contributed by atoms with van der Waals surface area (Å²) in [5, 5.41) is 0. The first-order valence-electron chi connectivity index (χ1n) is 6.59. The Hall–Kier alpha value is -0.750.